The van der Waals surface area contributed by atoms with Crippen molar-refractivity contribution in [1.82, 2.24) is 10.2 Å². The van der Waals surface area contributed by atoms with Gasteiger partial charge in [-0.3, -0.25) is 4.90 Å². The molecule has 1 heterocycles. The standard InChI is InChI=1S/C17H28N2/c1-3-11-18-13-17(4-2)19-12-10-16(14-19)15-8-6-5-7-9-15/h5-9,16-18H,3-4,10-14H2,1-2H3. The smallest absolute Gasteiger partial charge is 0.0218 e. The average Bonchev–Trinajstić information content (AvgIpc) is 2.94. The van der Waals surface area contributed by atoms with Gasteiger partial charge in [0.1, 0.15) is 0 Å². The minimum atomic E-state index is 0.709. The monoisotopic (exact) mass is 260 g/mol. The molecule has 0 saturated carbocycles. The first-order chi connectivity index (χ1) is 9.35. The van der Waals surface area contributed by atoms with Crippen molar-refractivity contribution >= 4 is 0 Å². The molecule has 1 fully saturated rings. The molecule has 2 atom stereocenters. The Hall–Kier alpha value is -0.860. The minimum absolute atomic E-state index is 0.709. The number of benzene rings is 1. The predicted molar refractivity (Wildman–Crippen MR) is 82.6 cm³/mol. The van der Waals surface area contributed by atoms with Gasteiger partial charge in [0.2, 0.25) is 0 Å². The summed E-state index contributed by atoms with van der Waals surface area (Å²) in [4.78, 5) is 2.68. The van der Waals surface area contributed by atoms with Crippen LogP contribution in [0.25, 0.3) is 0 Å². The molecule has 2 nitrogen and oxygen atoms in total. The van der Waals surface area contributed by atoms with Crippen LogP contribution in [-0.2, 0) is 0 Å². The fourth-order valence-corrected chi connectivity index (χ4v) is 3.09. The van der Waals surface area contributed by atoms with Gasteiger partial charge in [0.25, 0.3) is 0 Å². The molecule has 2 rings (SSSR count). The maximum absolute atomic E-state index is 3.58. The lowest BCUT2D eigenvalue weighted by atomic mass is 9.99. The van der Waals surface area contributed by atoms with Gasteiger partial charge in [-0.25, -0.2) is 0 Å². The Balaban J connectivity index is 1.86. The van der Waals surface area contributed by atoms with Crippen molar-refractivity contribution in [3.8, 4) is 0 Å². The Kier molecular flexibility index (Phi) is 5.87. The van der Waals surface area contributed by atoms with Crippen LogP contribution in [0.3, 0.4) is 0 Å². The van der Waals surface area contributed by atoms with Crippen molar-refractivity contribution in [2.75, 3.05) is 26.2 Å². The molecule has 0 bridgehead atoms. The van der Waals surface area contributed by atoms with Gasteiger partial charge in [-0.1, -0.05) is 44.2 Å². The summed E-state index contributed by atoms with van der Waals surface area (Å²) in [5, 5.41) is 3.58. The van der Waals surface area contributed by atoms with E-state index in [1.807, 2.05) is 0 Å². The summed E-state index contributed by atoms with van der Waals surface area (Å²) in [5.74, 6) is 0.737. The summed E-state index contributed by atoms with van der Waals surface area (Å²) >= 11 is 0. The average molecular weight is 260 g/mol. The summed E-state index contributed by atoms with van der Waals surface area (Å²) in [6.07, 6.45) is 3.79. The second-order valence-corrected chi connectivity index (χ2v) is 5.66. The molecule has 0 radical (unpaired) electrons. The highest BCUT2D eigenvalue weighted by Gasteiger charge is 2.27. The highest BCUT2D eigenvalue weighted by Crippen LogP contribution is 2.28. The van der Waals surface area contributed by atoms with Crippen molar-refractivity contribution in [3.05, 3.63) is 35.9 Å². The molecule has 1 aliphatic rings. The van der Waals surface area contributed by atoms with E-state index in [-0.39, 0.29) is 0 Å². The molecule has 0 spiro atoms. The van der Waals surface area contributed by atoms with Gasteiger partial charge in [0.15, 0.2) is 0 Å². The third-order valence-electron chi connectivity index (χ3n) is 4.29. The summed E-state index contributed by atoms with van der Waals surface area (Å²) in [6, 6.07) is 11.7. The van der Waals surface area contributed by atoms with E-state index < -0.39 is 0 Å². The molecule has 1 saturated heterocycles. The molecular weight excluding hydrogens is 232 g/mol. The van der Waals surface area contributed by atoms with Crippen LogP contribution in [0.1, 0.15) is 44.6 Å². The van der Waals surface area contributed by atoms with Gasteiger partial charge in [0, 0.05) is 19.1 Å². The zero-order valence-corrected chi connectivity index (χ0v) is 12.4. The summed E-state index contributed by atoms with van der Waals surface area (Å²) < 4.78 is 0. The van der Waals surface area contributed by atoms with Crippen LogP contribution in [0.15, 0.2) is 30.3 Å². The molecule has 1 aromatic rings. The van der Waals surface area contributed by atoms with Gasteiger partial charge in [0.05, 0.1) is 0 Å². The van der Waals surface area contributed by atoms with Crippen LogP contribution < -0.4 is 5.32 Å². The van der Waals surface area contributed by atoms with Gasteiger partial charge in [-0.2, -0.15) is 0 Å². The summed E-state index contributed by atoms with van der Waals surface area (Å²) in [7, 11) is 0. The topological polar surface area (TPSA) is 15.3 Å². The first-order valence-electron chi connectivity index (χ1n) is 7.84. The van der Waals surface area contributed by atoms with Crippen LogP contribution in [0.5, 0.6) is 0 Å². The lowest BCUT2D eigenvalue weighted by molar-refractivity contribution is 0.227. The van der Waals surface area contributed by atoms with Crippen LogP contribution >= 0.6 is 0 Å². The maximum Gasteiger partial charge on any atom is 0.0218 e. The quantitative estimate of drug-likeness (QED) is 0.757. The molecule has 19 heavy (non-hydrogen) atoms. The third kappa shape index (κ3) is 4.05. The second-order valence-electron chi connectivity index (χ2n) is 5.66. The van der Waals surface area contributed by atoms with Crippen molar-refractivity contribution in [1.29, 1.82) is 0 Å². The molecule has 2 heteroatoms. The van der Waals surface area contributed by atoms with Crippen molar-refractivity contribution in [3.63, 3.8) is 0 Å². The molecule has 0 aliphatic carbocycles. The predicted octanol–water partition coefficient (Wildman–Crippen LogP) is 3.25. The number of likely N-dealkylation sites (tertiary alicyclic amines) is 1. The SMILES string of the molecule is CCCNCC(CC)N1CCC(c2ccccc2)C1. The van der Waals surface area contributed by atoms with Crippen LogP contribution in [0.4, 0.5) is 0 Å². The van der Waals surface area contributed by atoms with Crippen LogP contribution in [0, 0.1) is 0 Å². The maximum atomic E-state index is 3.58. The third-order valence-corrected chi connectivity index (χ3v) is 4.29. The first-order valence-corrected chi connectivity index (χ1v) is 7.84. The van der Waals surface area contributed by atoms with E-state index in [2.05, 4.69) is 54.4 Å². The first kappa shape index (κ1) is 14.5. The van der Waals surface area contributed by atoms with E-state index in [4.69, 9.17) is 0 Å². The summed E-state index contributed by atoms with van der Waals surface area (Å²) in [5.41, 5.74) is 1.52. The largest absolute Gasteiger partial charge is 0.315 e. The van der Waals surface area contributed by atoms with E-state index >= 15 is 0 Å². The normalized spacial score (nSPS) is 21.7. The highest BCUT2D eigenvalue weighted by atomic mass is 15.2. The van der Waals surface area contributed by atoms with Gasteiger partial charge < -0.3 is 5.32 Å². The van der Waals surface area contributed by atoms with E-state index in [9.17, 15) is 0 Å². The molecule has 0 amide bonds. The number of rotatable bonds is 7. The Morgan fingerprint density at radius 2 is 2.05 bits per heavy atom. The molecule has 1 N–H and O–H groups in total. The highest BCUT2D eigenvalue weighted by molar-refractivity contribution is 5.21. The molecule has 1 aliphatic heterocycles. The van der Waals surface area contributed by atoms with E-state index in [1.54, 1.807) is 0 Å². The zero-order chi connectivity index (χ0) is 13.5. The zero-order valence-electron chi connectivity index (χ0n) is 12.4. The van der Waals surface area contributed by atoms with E-state index in [0.717, 1.165) is 19.0 Å². The molecule has 0 aromatic heterocycles. The minimum Gasteiger partial charge on any atom is -0.315 e. The number of hydrogen-bond donors (Lipinski definition) is 1. The van der Waals surface area contributed by atoms with E-state index in [0.29, 0.717) is 6.04 Å². The van der Waals surface area contributed by atoms with Crippen LogP contribution in [-0.4, -0.2) is 37.1 Å². The summed E-state index contributed by atoms with van der Waals surface area (Å²) in [6.45, 7) is 9.32. The lowest BCUT2D eigenvalue weighted by Gasteiger charge is -2.27. The van der Waals surface area contributed by atoms with Crippen LogP contribution in [0.2, 0.25) is 0 Å². The Morgan fingerprint density at radius 1 is 1.26 bits per heavy atom. The van der Waals surface area contributed by atoms with Gasteiger partial charge in [-0.15, -0.1) is 0 Å². The van der Waals surface area contributed by atoms with Crippen molar-refractivity contribution in [2.24, 2.45) is 0 Å². The number of nitrogens with zero attached hydrogens (tertiary/aromatic N) is 1. The van der Waals surface area contributed by atoms with Crippen molar-refractivity contribution in [2.45, 2.75) is 45.1 Å². The Labute approximate surface area is 118 Å². The molecule has 1 aromatic carbocycles. The number of nitrogens with one attached hydrogen (secondary N) is 1. The fraction of sp³-hybridized carbons (Fsp3) is 0.647. The lowest BCUT2D eigenvalue weighted by Crippen LogP contribution is -2.40. The second kappa shape index (κ2) is 7.66. The molecule has 2 unspecified atom stereocenters. The number of hydrogen-bond acceptors (Lipinski definition) is 2. The molecular formula is C17H28N2. The van der Waals surface area contributed by atoms with Gasteiger partial charge in [-0.05, 0) is 43.8 Å². The Bertz CT molecular complexity index is 350. The fourth-order valence-electron chi connectivity index (χ4n) is 3.09. The Morgan fingerprint density at radius 3 is 2.74 bits per heavy atom. The van der Waals surface area contributed by atoms with E-state index in [1.165, 1.54) is 37.9 Å². The molecule has 106 valence electrons. The van der Waals surface area contributed by atoms with Crippen molar-refractivity contribution < 1.29 is 0 Å². The van der Waals surface area contributed by atoms with Gasteiger partial charge >= 0.3 is 0 Å².